The number of carbonyl (C=O) groups is 1. The lowest BCUT2D eigenvalue weighted by atomic mass is 10.2. The summed E-state index contributed by atoms with van der Waals surface area (Å²) in [7, 11) is 3.77. The van der Waals surface area contributed by atoms with E-state index in [-0.39, 0.29) is 30.1 Å². The molecule has 0 saturated heterocycles. The number of hydrogen-bond donors (Lipinski definition) is 1. The number of nitrogens with zero attached hydrogens (tertiary/aromatic N) is 3. The third-order valence-electron chi connectivity index (χ3n) is 3.17. The number of carbonyl (C=O) groups excluding carboxylic acids is 1. The number of unbranched alkanes of at least 4 members (excludes halogenated alkanes) is 1. The fourth-order valence-electron chi connectivity index (χ4n) is 1.97. The standard InChI is InChI=1S/C17H34N4O2.HI/c1-8-10-11-13-20(7)15(18-6)19-12-14-21(9-2)16(22)23-17(3,4)5;/h8H,1,9-14H2,2-7H3,(H,18,19);1H. The lowest BCUT2D eigenvalue weighted by Gasteiger charge is -2.27. The molecule has 0 aliphatic rings. The number of halogens is 1. The molecule has 0 radical (unpaired) electrons. The van der Waals surface area contributed by atoms with Crippen LogP contribution < -0.4 is 5.32 Å². The average Bonchev–Trinajstić information content (AvgIpc) is 2.45. The molecule has 6 nitrogen and oxygen atoms in total. The molecule has 0 aromatic rings. The second-order valence-electron chi connectivity index (χ2n) is 6.39. The number of ether oxygens (including phenoxy) is 1. The van der Waals surface area contributed by atoms with Crippen LogP contribution in [0.25, 0.3) is 0 Å². The highest BCUT2D eigenvalue weighted by molar-refractivity contribution is 14.0. The Kier molecular flexibility index (Phi) is 14.0. The number of rotatable bonds is 8. The van der Waals surface area contributed by atoms with E-state index in [0.29, 0.717) is 19.6 Å². The minimum absolute atomic E-state index is 0. The van der Waals surface area contributed by atoms with Crippen molar-refractivity contribution >= 4 is 36.0 Å². The van der Waals surface area contributed by atoms with Gasteiger partial charge in [-0.15, -0.1) is 30.6 Å². The van der Waals surface area contributed by atoms with Gasteiger partial charge in [-0.25, -0.2) is 4.79 Å². The van der Waals surface area contributed by atoms with Gasteiger partial charge in [-0.05, 0) is 40.5 Å². The topological polar surface area (TPSA) is 57.2 Å². The zero-order chi connectivity index (χ0) is 17.9. The predicted molar refractivity (Wildman–Crippen MR) is 112 cm³/mol. The van der Waals surface area contributed by atoms with E-state index in [2.05, 4.69) is 21.8 Å². The quantitative estimate of drug-likeness (QED) is 0.201. The van der Waals surface area contributed by atoms with E-state index < -0.39 is 5.60 Å². The SMILES string of the molecule is C=CCCCN(C)C(=NC)NCCN(CC)C(=O)OC(C)(C)C.I. The Morgan fingerprint density at radius 1 is 1.33 bits per heavy atom. The molecule has 0 rings (SSSR count). The third-order valence-corrected chi connectivity index (χ3v) is 3.17. The van der Waals surface area contributed by atoms with Crippen molar-refractivity contribution in [3.8, 4) is 0 Å². The Balaban J connectivity index is 0. The number of guanidine groups is 1. The molecule has 24 heavy (non-hydrogen) atoms. The van der Waals surface area contributed by atoms with Crippen molar-refractivity contribution in [2.45, 2.75) is 46.1 Å². The van der Waals surface area contributed by atoms with Gasteiger partial charge in [-0.2, -0.15) is 0 Å². The number of likely N-dealkylation sites (N-methyl/N-ethyl adjacent to an activating group) is 1. The van der Waals surface area contributed by atoms with Gasteiger partial charge in [0.25, 0.3) is 0 Å². The highest BCUT2D eigenvalue weighted by atomic mass is 127. The summed E-state index contributed by atoms with van der Waals surface area (Å²) in [6.07, 6.45) is 3.67. The monoisotopic (exact) mass is 454 g/mol. The Labute approximate surface area is 164 Å². The van der Waals surface area contributed by atoms with Crippen LogP contribution >= 0.6 is 24.0 Å². The van der Waals surface area contributed by atoms with Crippen molar-refractivity contribution in [2.24, 2.45) is 4.99 Å². The van der Waals surface area contributed by atoms with Crippen molar-refractivity contribution in [1.82, 2.24) is 15.1 Å². The first-order valence-corrected chi connectivity index (χ1v) is 8.25. The van der Waals surface area contributed by atoms with Crippen molar-refractivity contribution < 1.29 is 9.53 Å². The summed E-state index contributed by atoms with van der Waals surface area (Å²) in [5.74, 6) is 0.828. The molecule has 0 aliphatic heterocycles. The Morgan fingerprint density at radius 2 is 1.96 bits per heavy atom. The molecule has 7 heteroatoms. The van der Waals surface area contributed by atoms with Crippen LogP contribution in [0.3, 0.4) is 0 Å². The number of nitrogens with one attached hydrogen (secondary N) is 1. The Morgan fingerprint density at radius 3 is 2.42 bits per heavy atom. The summed E-state index contributed by atoms with van der Waals surface area (Å²) in [6.45, 7) is 14.0. The molecule has 0 aromatic heterocycles. The molecule has 0 aromatic carbocycles. The normalized spacial score (nSPS) is 11.3. The summed E-state index contributed by atoms with van der Waals surface area (Å²) in [5, 5.41) is 3.28. The first kappa shape index (κ1) is 25.3. The smallest absolute Gasteiger partial charge is 0.410 e. The zero-order valence-electron chi connectivity index (χ0n) is 16.1. The maximum atomic E-state index is 12.1. The molecule has 0 bridgehead atoms. The molecule has 0 heterocycles. The molecule has 0 saturated carbocycles. The largest absolute Gasteiger partial charge is 0.444 e. The van der Waals surface area contributed by atoms with Crippen molar-refractivity contribution in [1.29, 1.82) is 0 Å². The minimum atomic E-state index is -0.473. The van der Waals surface area contributed by atoms with Crippen LogP contribution in [0.4, 0.5) is 4.79 Å². The summed E-state index contributed by atoms with van der Waals surface area (Å²) < 4.78 is 5.40. The summed E-state index contributed by atoms with van der Waals surface area (Å²) in [5.41, 5.74) is -0.473. The number of aliphatic imine (C=N–C) groups is 1. The van der Waals surface area contributed by atoms with Gasteiger partial charge in [0.1, 0.15) is 5.60 Å². The van der Waals surface area contributed by atoms with Gasteiger partial charge in [0.2, 0.25) is 0 Å². The number of hydrogen-bond acceptors (Lipinski definition) is 3. The van der Waals surface area contributed by atoms with Gasteiger partial charge in [-0.1, -0.05) is 6.08 Å². The molecule has 142 valence electrons. The summed E-state index contributed by atoms with van der Waals surface area (Å²) >= 11 is 0. The molecule has 0 spiro atoms. The third kappa shape index (κ3) is 11.5. The second kappa shape index (κ2) is 13.3. The van der Waals surface area contributed by atoms with Gasteiger partial charge >= 0.3 is 6.09 Å². The van der Waals surface area contributed by atoms with E-state index in [0.717, 1.165) is 25.3 Å². The van der Waals surface area contributed by atoms with Gasteiger partial charge in [-0.3, -0.25) is 4.99 Å². The maximum Gasteiger partial charge on any atom is 0.410 e. The van der Waals surface area contributed by atoms with Crippen LogP contribution in [0.5, 0.6) is 0 Å². The lowest BCUT2D eigenvalue weighted by molar-refractivity contribution is 0.0263. The van der Waals surface area contributed by atoms with Crippen LogP contribution in [-0.4, -0.2) is 67.7 Å². The molecule has 0 atom stereocenters. The summed E-state index contributed by atoms with van der Waals surface area (Å²) in [4.78, 5) is 20.1. The van der Waals surface area contributed by atoms with E-state index in [1.807, 2.05) is 40.8 Å². The number of amides is 1. The first-order valence-electron chi connectivity index (χ1n) is 8.25. The molecular formula is C17H35IN4O2. The molecule has 1 amide bonds. The van der Waals surface area contributed by atoms with E-state index >= 15 is 0 Å². The second-order valence-corrected chi connectivity index (χ2v) is 6.39. The summed E-state index contributed by atoms with van der Waals surface area (Å²) in [6, 6.07) is 0. The van der Waals surface area contributed by atoms with Crippen molar-refractivity contribution in [2.75, 3.05) is 40.3 Å². The molecule has 1 N–H and O–H groups in total. The molecule has 0 aliphatic carbocycles. The predicted octanol–water partition coefficient (Wildman–Crippen LogP) is 3.33. The van der Waals surface area contributed by atoms with Crippen molar-refractivity contribution in [3.05, 3.63) is 12.7 Å². The van der Waals surface area contributed by atoms with E-state index in [1.165, 1.54) is 0 Å². The van der Waals surface area contributed by atoms with Crippen LogP contribution in [0.15, 0.2) is 17.6 Å². The van der Waals surface area contributed by atoms with Crippen molar-refractivity contribution in [3.63, 3.8) is 0 Å². The highest BCUT2D eigenvalue weighted by Gasteiger charge is 2.20. The lowest BCUT2D eigenvalue weighted by Crippen LogP contribution is -2.45. The van der Waals surface area contributed by atoms with Gasteiger partial charge in [0, 0.05) is 40.3 Å². The van der Waals surface area contributed by atoms with E-state index in [4.69, 9.17) is 4.74 Å². The maximum absolute atomic E-state index is 12.1. The van der Waals surface area contributed by atoms with Gasteiger partial charge in [0.05, 0.1) is 0 Å². The first-order chi connectivity index (χ1) is 10.7. The Bertz CT molecular complexity index is 395. The molecule has 0 unspecified atom stereocenters. The van der Waals surface area contributed by atoms with Crippen LogP contribution in [0.1, 0.15) is 40.5 Å². The average molecular weight is 454 g/mol. The van der Waals surface area contributed by atoms with Crippen LogP contribution in [-0.2, 0) is 4.74 Å². The number of allylic oxidation sites excluding steroid dienone is 1. The van der Waals surface area contributed by atoms with Gasteiger partial charge in [0.15, 0.2) is 5.96 Å². The molecular weight excluding hydrogens is 419 g/mol. The van der Waals surface area contributed by atoms with Crippen LogP contribution in [0.2, 0.25) is 0 Å². The van der Waals surface area contributed by atoms with Gasteiger partial charge < -0.3 is 19.9 Å². The van der Waals surface area contributed by atoms with Crippen LogP contribution in [0, 0.1) is 0 Å². The highest BCUT2D eigenvalue weighted by Crippen LogP contribution is 2.09. The minimum Gasteiger partial charge on any atom is -0.444 e. The van der Waals surface area contributed by atoms with E-state index in [1.54, 1.807) is 11.9 Å². The fourth-order valence-corrected chi connectivity index (χ4v) is 1.97. The fraction of sp³-hybridized carbons (Fsp3) is 0.765. The zero-order valence-corrected chi connectivity index (χ0v) is 18.4. The molecule has 0 fully saturated rings. The Hall–Kier alpha value is -0.990. The van der Waals surface area contributed by atoms with E-state index in [9.17, 15) is 4.79 Å².